The third-order valence-corrected chi connectivity index (χ3v) is 2.81. The second-order valence-corrected chi connectivity index (χ2v) is 4.47. The van der Waals surface area contributed by atoms with Gasteiger partial charge in [-0.15, -0.1) is 0 Å². The smallest absolute Gasteiger partial charge is 0.269 e. The Morgan fingerprint density at radius 2 is 1.65 bits per heavy atom. The van der Waals surface area contributed by atoms with Crippen molar-refractivity contribution in [3.05, 3.63) is 69.8 Å². The monoisotopic (exact) mass is 266 g/mol. The summed E-state index contributed by atoms with van der Waals surface area (Å²) in [6.45, 7) is 0. The first-order valence-corrected chi connectivity index (χ1v) is 6.11. The summed E-state index contributed by atoms with van der Waals surface area (Å²) in [5, 5.41) is 10.6. The molecule has 0 spiro atoms. The number of para-hydroxylation sites is 1. The molecule has 0 unspecified atom stereocenters. The van der Waals surface area contributed by atoms with E-state index < -0.39 is 4.92 Å². The third kappa shape index (κ3) is 3.15. The van der Waals surface area contributed by atoms with E-state index in [2.05, 4.69) is 11.8 Å². The summed E-state index contributed by atoms with van der Waals surface area (Å²) in [4.78, 5) is 12.2. The van der Waals surface area contributed by atoms with Gasteiger partial charge in [-0.05, 0) is 24.3 Å². The van der Waals surface area contributed by atoms with Crippen LogP contribution in [0.1, 0.15) is 11.1 Å². The standard InChI is InChI=1S/C16H14N2O2/c1-17(2)16-6-4-3-5-14(16)10-7-13-8-11-15(12-9-13)18(19)20/h3-6,8-9,11-12H,1-2H3. The Kier molecular flexibility index (Phi) is 4.02. The zero-order valence-electron chi connectivity index (χ0n) is 11.3. The van der Waals surface area contributed by atoms with Gasteiger partial charge in [0.2, 0.25) is 0 Å². The Hall–Kier alpha value is -2.80. The van der Waals surface area contributed by atoms with E-state index in [-0.39, 0.29) is 5.69 Å². The van der Waals surface area contributed by atoms with Crippen molar-refractivity contribution in [2.24, 2.45) is 0 Å². The van der Waals surface area contributed by atoms with E-state index in [9.17, 15) is 10.1 Å². The lowest BCUT2D eigenvalue weighted by molar-refractivity contribution is -0.384. The SMILES string of the molecule is CN(C)c1ccccc1C#Cc1ccc([N+](=O)[O-])cc1. The molecule has 2 rings (SSSR count). The zero-order valence-corrected chi connectivity index (χ0v) is 11.3. The van der Waals surface area contributed by atoms with Crippen molar-refractivity contribution in [2.75, 3.05) is 19.0 Å². The Balaban J connectivity index is 2.29. The Morgan fingerprint density at radius 3 is 2.25 bits per heavy atom. The molecule has 20 heavy (non-hydrogen) atoms. The topological polar surface area (TPSA) is 46.4 Å². The second kappa shape index (κ2) is 5.89. The van der Waals surface area contributed by atoms with E-state index in [1.165, 1.54) is 12.1 Å². The first-order chi connectivity index (χ1) is 9.58. The molecular formula is C16H14N2O2. The van der Waals surface area contributed by atoms with Crippen LogP contribution in [0.15, 0.2) is 48.5 Å². The van der Waals surface area contributed by atoms with Crippen molar-refractivity contribution in [3.63, 3.8) is 0 Å². The van der Waals surface area contributed by atoms with E-state index >= 15 is 0 Å². The Labute approximate surface area is 117 Å². The van der Waals surface area contributed by atoms with Crippen molar-refractivity contribution in [2.45, 2.75) is 0 Å². The first kappa shape index (κ1) is 13.6. The molecule has 0 fully saturated rings. The van der Waals surface area contributed by atoms with Crippen LogP contribution in [-0.4, -0.2) is 19.0 Å². The molecule has 0 aliphatic carbocycles. The molecule has 0 aliphatic heterocycles. The van der Waals surface area contributed by atoms with Crippen molar-refractivity contribution in [1.29, 1.82) is 0 Å². The number of non-ortho nitro benzene ring substituents is 1. The molecule has 0 radical (unpaired) electrons. The number of benzene rings is 2. The van der Waals surface area contributed by atoms with Gasteiger partial charge < -0.3 is 4.90 Å². The fourth-order valence-corrected chi connectivity index (χ4v) is 1.78. The molecule has 4 nitrogen and oxygen atoms in total. The normalized spacial score (nSPS) is 9.50. The minimum atomic E-state index is -0.418. The largest absolute Gasteiger partial charge is 0.377 e. The van der Waals surface area contributed by atoms with Gasteiger partial charge in [0.25, 0.3) is 5.69 Å². The second-order valence-electron chi connectivity index (χ2n) is 4.47. The van der Waals surface area contributed by atoms with Crippen molar-refractivity contribution in [1.82, 2.24) is 0 Å². The maximum absolute atomic E-state index is 10.6. The summed E-state index contributed by atoms with van der Waals surface area (Å²) >= 11 is 0. The maximum Gasteiger partial charge on any atom is 0.269 e. The van der Waals surface area contributed by atoms with Crippen LogP contribution < -0.4 is 4.90 Å². The number of nitro benzene ring substituents is 1. The van der Waals surface area contributed by atoms with Crippen LogP contribution in [0.25, 0.3) is 0 Å². The van der Waals surface area contributed by atoms with E-state index in [1.807, 2.05) is 43.3 Å². The van der Waals surface area contributed by atoms with Gasteiger partial charge in [0.15, 0.2) is 0 Å². The molecule has 0 amide bonds. The molecule has 2 aromatic rings. The summed E-state index contributed by atoms with van der Waals surface area (Å²) in [5.41, 5.74) is 2.80. The van der Waals surface area contributed by atoms with Gasteiger partial charge in [0.1, 0.15) is 0 Å². The van der Waals surface area contributed by atoms with Gasteiger partial charge in [-0.25, -0.2) is 0 Å². The van der Waals surface area contributed by atoms with E-state index in [4.69, 9.17) is 0 Å². The van der Waals surface area contributed by atoms with E-state index in [0.717, 1.165) is 16.8 Å². The summed E-state index contributed by atoms with van der Waals surface area (Å²) in [7, 11) is 3.93. The molecule has 0 saturated heterocycles. The molecule has 0 saturated carbocycles. The highest BCUT2D eigenvalue weighted by Crippen LogP contribution is 2.17. The fraction of sp³-hybridized carbons (Fsp3) is 0.125. The molecule has 0 aliphatic rings. The Bertz CT molecular complexity index is 680. The number of rotatable bonds is 2. The van der Waals surface area contributed by atoms with Gasteiger partial charge in [-0.1, -0.05) is 24.0 Å². The van der Waals surface area contributed by atoms with Crippen LogP contribution in [0.3, 0.4) is 0 Å². The molecule has 4 heteroatoms. The number of hydrogen-bond acceptors (Lipinski definition) is 3. The lowest BCUT2D eigenvalue weighted by Crippen LogP contribution is -2.09. The van der Waals surface area contributed by atoms with Gasteiger partial charge >= 0.3 is 0 Å². The first-order valence-electron chi connectivity index (χ1n) is 6.11. The summed E-state index contributed by atoms with van der Waals surface area (Å²) in [6, 6.07) is 14.1. The average Bonchev–Trinajstić information content (AvgIpc) is 2.45. The molecule has 0 bridgehead atoms. The van der Waals surface area contributed by atoms with Crippen LogP contribution >= 0.6 is 0 Å². The lowest BCUT2D eigenvalue weighted by Gasteiger charge is -2.13. The fourth-order valence-electron chi connectivity index (χ4n) is 1.78. The molecule has 0 N–H and O–H groups in total. The van der Waals surface area contributed by atoms with Crippen LogP contribution in [0.4, 0.5) is 11.4 Å². The quantitative estimate of drug-likeness (QED) is 0.477. The van der Waals surface area contributed by atoms with Gasteiger partial charge in [-0.3, -0.25) is 10.1 Å². The number of hydrogen-bond donors (Lipinski definition) is 0. The molecular weight excluding hydrogens is 252 g/mol. The molecule has 100 valence electrons. The number of nitro groups is 1. The minimum absolute atomic E-state index is 0.0734. The minimum Gasteiger partial charge on any atom is -0.377 e. The van der Waals surface area contributed by atoms with Gasteiger partial charge in [0.05, 0.1) is 10.6 Å². The van der Waals surface area contributed by atoms with E-state index in [1.54, 1.807) is 12.1 Å². The van der Waals surface area contributed by atoms with Gasteiger partial charge in [-0.2, -0.15) is 0 Å². The molecule has 2 aromatic carbocycles. The third-order valence-electron chi connectivity index (χ3n) is 2.81. The highest BCUT2D eigenvalue weighted by atomic mass is 16.6. The van der Waals surface area contributed by atoms with Crippen LogP contribution in [-0.2, 0) is 0 Å². The summed E-state index contributed by atoms with van der Waals surface area (Å²) < 4.78 is 0. The van der Waals surface area contributed by atoms with Gasteiger partial charge in [0, 0.05) is 37.4 Å². The van der Waals surface area contributed by atoms with Crippen LogP contribution in [0, 0.1) is 22.0 Å². The predicted octanol–water partition coefficient (Wildman–Crippen LogP) is 3.06. The Morgan fingerprint density at radius 1 is 1.00 bits per heavy atom. The maximum atomic E-state index is 10.6. The lowest BCUT2D eigenvalue weighted by atomic mass is 10.1. The van der Waals surface area contributed by atoms with Crippen LogP contribution in [0.5, 0.6) is 0 Å². The molecule has 0 atom stereocenters. The molecule has 0 heterocycles. The predicted molar refractivity (Wildman–Crippen MR) is 79.8 cm³/mol. The van der Waals surface area contributed by atoms with Crippen LogP contribution in [0.2, 0.25) is 0 Å². The van der Waals surface area contributed by atoms with Crippen molar-refractivity contribution in [3.8, 4) is 11.8 Å². The number of nitrogens with zero attached hydrogens (tertiary/aromatic N) is 2. The number of anilines is 1. The summed E-state index contributed by atoms with van der Waals surface area (Å²) in [5.74, 6) is 6.12. The average molecular weight is 266 g/mol. The highest BCUT2D eigenvalue weighted by Gasteiger charge is 2.03. The zero-order chi connectivity index (χ0) is 14.5. The van der Waals surface area contributed by atoms with E-state index in [0.29, 0.717) is 0 Å². The molecule has 0 aromatic heterocycles. The van der Waals surface area contributed by atoms with Crippen molar-refractivity contribution >= 4 is 11.4 Å². The highest BCUT2D eigenvalue weighted by molar-refractivity contribution is 5.61. The van der Waals surface area contributed by atoms with Crippen molar-refractivity contribution < 1.29 is 4.92 Å². The summed E-state index contributed by atoms with van der Waals surface area (Å²) in [6.07, 6.45) is 0.